The second-order valence-electron chi connectivity index (χ2n) is 5.23. The zero-order chi connectivity index (χ0) is 16.5. The molecule has 0 radical (unpaired) electrons. The third kappa shape index (κ3) is 3.12. The highest BCUT2D eigenvalue weighted by Crippen LogP contribution is 2.32. The van der Waals surface area contributed by atoms with Crippen LogP contribution in [0.15, 0.2) is 28.0 Å². The lowest BCUT2D eigenvalue weighted by atomic mass is 10.2. The topological polar surface area (TPSA) is 107 Å². The smallest absolute Gasteiger partial charge is 0.247 e. The van der Waals surface area contributed by atoms with Gasteiger partial charge in [-0.3, -0.25) is 0 Å². The molecule has 1 unspecified atom stereocenters. The van der Waals surface area contributed by atoms with E-state index in [2.05, 4.69) is 0 Å². The van der Waals surface area contributed by atoms with Crippen LogP contribution in [0.25, 0.3) is 0 Å². The summed E-state index contributed by atoms with van der Waals surface area (Å²) in [7, 11) is -6.03. The molecule has 124 valence electrons. The first-order chi connectivity index (χ1) is 10.2. The minimum absolute atomic E-state index is 0.0598. The highest BCUT2D eigenvalue weighted by atomic mass is 32.2. The molecule has 1 atom stereocenters. The standard InChI is InChI=1S/C13H20N2O5S2/c1-20-12-6-5-11(21(2,16)17)8-13(12)22(18,19)15-7-3-4-10(15)9-14/h5-6,8,10H,3-4,7,9,14H2,1-2H3. The molecule has 1 aromatic carbocycles. The Hall–Kier alpha value is -1.16. The Morgan fingerprint density at radius 3 is 2.55 bits per heavy atom. The van der Waals surface area contributed by atoms with Crippen LogP contribution in [0.3, 0.4) is 0 Å². The van der Waals surface area contributed by atoms with Gasteiger partial charge in [-0.25, -0.2) is 16.8 Å². The van der Waals surface area contributed by atoms with Crippen LogP contribution in [0.4, 0.5) is 0 Å². The summed E-state index contributed by atoms with van der Waals surface area (Å²) in [5.41, 5.74) is 5.64. The quantitative estimate of drug-likeness (QED) is 0.815. The summed E-state index contributed by atoms with van der Waals surface area (Å²) in [4.78, 5) is -0.200. The molecule has 7 nitrogen and oxygen atoms in total. The van der Waals surface area contributed by atoms with Crippen LogP contribution in [0, 0.1) is 0 Å². The fraction of sp³-hybridized carbons (Fsp3) is 0.538. The maximum atomic E-state index is 12.9. The normalized spacial score (nSPS) is 20.2. The van der Waals surface area contributed by atoms with E-state index in [0.717, 1.165) is 18.7 Å². The van der Waals surface area contributed by atoms with Gasteiger partial charge in [-0.05, 0) is 31.0 Å². The van der Waals surface area contributed by atoms with E-state index in [1.165, 1.54) is 23.5 Å². The molecule has 2 rings (SSSR count). The highest BCUT2D eigenvalue weighted by molar-refractivity contribution is 7.91. The molecular weight excluding hydrogens is 328 g/mol. The summed E-state index contributed by atoms with van der Waals surface area (Å²) in [5, 5.41) is 0. The van der Waals surface area contributed by atoms with Gasteiger partial charge in [-0.1, -0.05) is 0 Å². The predicted molar refractivity (Wildman–Crippen MR) is 82.1 cm³/mol. The molecule has 9 heteroatoms. The highest BCUT2D eigenvalue weighted by Gasteiger charge is 2.36. The van der Waals surface area contributed by atoms with Crippen LogP contribution in [0.5, 0.6) is 5.75 Å². The number of methoxy groups -OCH3 is 1. The zero-order valence-corrected chi connectivity index (χ0v) is 14.2. The molecule has 1 aromatic rings. The van der Waals surface area contributed by atoms with Crippen molar-refractivity contribution in [3.63, 3.8) is 0 Å². The van der Waals surface area contributed by atoms with Gasteiger partial charge in [-0.2, -0.15) is 4.31 Å². The third-order valence-electron chi connectivity index (χ3n) is 3.75. The van der Waals surface area contributed by atoms with E-state index < -0.39 is 19.9 Å². The van der Waals surface area contributed by atoms with Crippen molar-refractivity contribution < 1.29 is 21.6 Å². The SMILES string of the molecule is COc1ccc(S(C)(=O)=O)cc1S(=O)(=O)N1CCCC1CN. The molecular formula is C13H20N2O5S2. The molecule has 1 heterocycles. The van der Waals surface area contributed by atoms with Gasteiger partial charge in [0.2, 0.25) is 10.0 Å². The van der Waals surface area contributed by atoms with Gasteiger partial charge in [0, 0.05) is 25.4 Å². The third-order valence-corrected chi connectivity index (χ3v) is 6.83. The fourth-order valence-electron chi connectivity index (χ4n) is 2.58. The Balaban J connectivity index is 2.59. The minimum atomic E-state index is -3.86. The molecule has 22 heavy (non-hydrogen) atoms. The lowest BCUT2D eigenvalue weighted by Crippen LogP contribution is -2.40. The number of sulfone groups is 1. The molecule has 2 N–H and O–H groups in total. The van der Waals surface area contributed by atoms with Crippen LogP contribution in [0.2, 0.25) is 0 Å². The van der Waals surface area contributed by atoms with Crippen molar-refractivity contribution >= 4 is 19.9 Å². The molecule has 0 aliphatic carbocycles. The van der Waals surface area contributed by atoms with Crippen molar-refractivity contribution in [2.75, 3.05) is 26.5 Å². The number of sulfonamides is 1. The zero-order valence-electron chi connectivity index (χ0n) is 12.5. The van der Waals surface area contributed by atoms with E-state index in [9.17, 15) is 16.8 Å². The van der Waals surface area contributed by atoms with Gasteiger partial charge in [0.05, 0.1) is 12.0 Å². The van der Waals surface area contributed by atoms with Crippen LogP contribution < -0.4 is 10.5 Å². The Kier molecular flexibility index (Phi) is 4.81. The van der Waals surface area contributed by atoms with E-state index in [4.69, 9.17) is 10.5 Å². The van der Waals surface area contributed by atoms with E-state index in [1.54, 1.807) is 0 Å². The van der Waals surface area contributed by atoms with Crippen molar-refractivity contribution in [2.24, 2.45) is 5.73 Å². The molecule has 1 saturated heterocycles. The predicted octanol–water partition coefficient (Wildman–Crippen LogP) is 0.211. The van der Waals surface area contributed by atoms with Gasteiger partial charge < -0.3 is 10.5 Å². The second kappa shape index (κ2) is 6.15. The Morgan fingerprint density at radius 2 is 2.00 bits per heavy atom. The van der Waals surface area contributed by atoms with Crippen LogP contribution >= 0.6 is 0 Å². The summed E-state index contributed by atoms with van der Waals surface area (Å²) in [6.45, 7) is 0.601. The maximum absolute atomic E-state index is 12.9. The molecule has 0 spiro atoms. The number of nitrogens with two attached hydrogens (primary N) is 1. The Bertz CT molecular complexity index is 759. The van der Waals surface area contributed by atoms with E-state index >= 15 is 0 Å². The van der Waals surface area contributed by atoms with Gasteiger partial charge in [0.15, 0.2) is 9.84 Å². The van der Waals surface area contributed by atoms with Crippen LogP contribution in [-0.4, -0.2) is 53.6 Å². The first-order valence-corrected chi connectivity index (χ1v) is 10.1. The number of ether oxygens (including phenoxy) is 1. The summed E-state index contributed by atoms with van der Waals surface area (Å²) in [6, 6.07) is 3.57. The van der Waals surface area contributed by atoms with Crippen molar-refractivity contribution in [1.29, 1.82) is 0 Å². The second-order valence-corrected chi connectivity index (χ2v) is 9.11. The molecule has 0 bridgehead atoms. The molecule has 1 aliphatic rings. The van der Waals surface area contributed by atoms with Crippen molar-refractivity contribution in [3.05, 3.63) is 18.2 Å². The van der Waals surface area contributed by atoms with E-state index in [-0.39, 0.29) is 28.1 Å². The monoisotopic (exact) mass is 348 g/mol. The molecule has 0 aromatic heterocycles. The van der Waals surface area contributed by atoms with Crippen molar-refractivity contribution in [3.8, 4) is 5.75 Å². The van der Waals surface area contributed by atoms with Crippen molar-refractivity contribution in [2.45, 2.75) is 28.7 Å². The van der Waals surface area contributed by atoms with Crippen LogP contribution in [-0.2, 0) is 19.9 Å². The number of hydrogen-bond acceptors (Lipinski definition) is 6. The molecule has 0 amide bonds. The van der Waals surface area contributed by atoms with E-state index in [1.807, 2.05) is 0 Å². The average molecular weight is 348 g/mol. The summed E-state index contributed by atoms with van der Waals surface area (Å²) >= 11 is 0. The van der Waals surface area contributed by atoms with Gasteiger partial charge >= 0.3 is 0 Å². The summed E-state index contributed by atoms with van der Waals surface area (Å²) < 4.78 is 55.5. The first-order valence-electron chi connectivity index (χ1n) is 6.82. The average Bonchev–Trinajstić information content (AvgIpc) is 2.94. The lowest BCUT2D eigenvalue weighted by molar-refractivity contribution is 0.379. The first kappa shape index (κ1) is 17.2. The maximum Gasteiger partial charge on any atom is 0.247 e. The number of nitrogens with zero attached hydrogens (tertiary/aromatic N) is 1. The number of benzene rings is 1. The van der Waals surface area contributed by atoms with Gasteiger partial charge in [-0.15, -0.1) is 0 Å². The van der Waals surface area contributed by atoms with Crippen molar-refractivity contribution in [1.82, 2.24) is 4.31 Å². The summed E-state index contributed by atoms with van der Waals surface area (Å²) in [5.74, 6) is 0.120. The Morgan fingerprint density at radius 1 is 1.32 bits per heavy atom. The molecule has 1 aliphatic heterocycles. The number of rotatable bonds is 5. The summed E-state index contributed by atoms with van der Waals surface area (Å²) in [6.07, 6.45) is 2.46. The Labute approximate surface area is 131 Å². The molecule has 1 fully saturated rings. The van der Waals surface area contributed by atoms with Gasteiger partial charge in [0.25, 0.3) is 0 Å². The van der Waals surface area contributed by atoms with Crippen LogP contribution in [0.1, 0.15) is 12.8 Å². The molecule has 0 saturated carbocycles. The van der Waals surface area contributed by atoms with Gasteiger partial charge in [0.1, 0.15) is 10.6 Å². The van der Waals surface area contributed by atoms with E-state index in [0.29, 0.717) is 13.0 Å². The minimum Gasteiger partial charge on any atom is -0.495 e. The number of hydrogen-bond donors (Lipinski definition) is 1. The fourth-order valence-corrected chi connectivity index (χ4v) is 5.19. The largest absolute Gasteiger partial charge is 0.495 e. The lowest BCUT2D eigenvalue weighted by Gasteiger charge is -2.24.